The predicted octanol–water partition coefficient (Wildman–Crippen LogP) is 2.28. The zero-order valence-corrected chi connectivity index (χ0v) is 16.6. The van der Waals surface area contributed by atoms with Crippen LogP contribution in [-0.2, 0) is 27.4 Å². The largest absolute Gasteiger partial charge is 0.464 e. The van der Waals surface area contributed by atoms with Gasteiger partial charge in [0, 0.05) is 31.9 Å². The number of amides is 1. The molecule has 1 fully saturated rings. The molecule has 1 atom stereocenters. The van der Waals surface area contributed by atoms with Crippen LogP contribution in [0.5, 0.6) is 0 Å². The lowest BCUT2D eigenvalue weighted by molar-refractivity contribution is -0.145. The van der Waals surface area contributed by atoms with Crippen molar-refractivity contribution in [3.8, 4) is 0 Å². The lowest BCUT2D eigenvalue weighted by Crippen LogP contribution is -2.59. The molecule has 0 spiro atoms. The number of ether oxygens (including phenoxy) is 2. The summed E-state index contributed by atoms with van der Waals surface area (Å²) in [6.07, 6.45) is -0.394. The zero-order valence-electron chi connectivity index (χ0n) is 16.6. The smallest absolute Gasteiger partial charge is 0.410 e. The Morgan fingerprint density at radius 3 is 2.63 bits per heavy atom. The number of esters is 1. The molecule has 148 valence electrons. The van der Waals surface area contributed by atoms with Gasteiger partial charge >= 0.3 is 12.1 Å². The molecule has 1 N–H and O–H groups in total. The molecule has 1 saturated heterocycles. The van der Waals surface area contributed by atoms with Gasteiger partial charge in [-0.3, -0.25) is 0 Å². The predicted molar refractivity (Wildman–Crippen MR) is 103 cm³/mol. The van der Waals surface area contributed by atoms with Gasteiger partial charge in [0.05, 0.1) is 13.2 Å². The van der Waals surface area contributed by atoms with Crippen molar-refractivity contribution >= 4 is 17.7 Å². The highest BCUT2D eigenvalue weighted by Gasteiger charge is 2.37. The van der Waals surface area contributed by atoms with Crippen LogP contribution >= 0.6 is 0 Å². The van der Waals surface area contributed by atoms with Crippen LogP contribution in [0, 0.1) is 0 Å². The lowest BCUT2D eigenvalue weighted by Gasteiger charge is -2.41. The summed E-state index contributed by atoms with van der Waals surface area (Å²) in [7, 11) is 0. The molecule has 2 aliphatic rings. The van der Waals surface area contributed by atoms with E-state index in [9.17, 15) is 9.59 Å². The van der Waals surface area contributed by atoms with Gasteiger partial charge in [0.1, 0.15) is 11.6 Å². The molecule has 2 aliphatic heterocycles. The number of carbonyl (C=O) groups is 2. The molecule has 27 heavy (non-hydrogen) atoms. The molecular weight excluding hydrogens is 346 g/mol. The number of nitrogens with zero attached hydrogens (tertiary/aromatic N) is 2. The molecule has 0 saturated carbocycles. The van der Waals surface area contributed by atoms with E-state index in [1.165, 1.54) is 11.1 Å². The maximum absolute atomic E-state index is 12.6. The fourth-order valence-electron chi connectivity index (χ4n) is 3.48. The minimum absolute atomic E-state index is 0.253. The van der Waals surface area contributed by atoms with E-state index in [4.69, 9.17) is 9.47 Å². The summed E-state index contributed by atoms with van der Waals surface area (Å²) in [5.41, 5.74) is 2.96. The molecule has 3 rings (SSSR count). The Morgan fingerprint density at radius 1 is 1.19 bits per heavy atom. The van der Waals surface area contributed by atoms with Crippen molar-refractivity contribution in [3.63, 3.8) is 0 Å². The summed E-state index contributed by atoms with van der Waals surface area (Å²) in [4.78, 5) is 28.7. The number of benzene rings is 1. The van der Waals surface area contributed by atoms with Crippen LogP contribution < -0.4 is 10.2 Å². The zero-order chi connectivity index (χ0) is 19.6. The van der Waals surface area contributed by atoms with E-state index < -0.39 is 17.7 Å². The Morgan fingerprint density at radius 2 is 1.93 bits per heavy atom. The average molecular weight is 375 g/mol. The van der Waals surface area contributed by atoms with E-state index in [1.807, 2.05) is 31.7 Å². The lowest BCUT2D eigenvalue weighted by atomic mass is 10.1. The standard InChI is InChI=1S/C20H29N3O4/c1-5-26-18(24)17-13-22(19(25)27-20(2,3)4)8-9-23(17)16-7-6-14-11-21-12-15(14)10-16/h6-7,10,17,21H,5,8-9,11-13H2,1-4H3. The number of anilines is 1. The summed E-state index contributed by atoms with van der Waals surface area (Å²) >= 11 is 0. The van der Waals surface area contributed by atoms with Gasteiger partial charge < -0.3 is 24.6 Å². The molecule has 1 aromatic carbocycles. The number of piperazine rings is 1. The average Bonchev–Trinajstić information content (AvgIpc) is 3.07. The first kappa shape index (κ1) is 19.5. The summed E-state index contributed by atoms with van der Waals surface area (Å²) in [6, 6.07) is 5.73. The highest BCUT2D eigenvalue weighted by atomic mass is 16.6. The molecule has 1 amide bonds. The Bertz CT molecular complexity index is 714. The van der Waals surface area contributed by atoms with Crippen molar-refractivity contribution in [2.45, 2.75) is 52.4 Å². The van der Waals surface area contributed by atoms with E-state index in [1.54, 1.807) is 11.8 Å². The number of rotatable bonds is 3. The second-order valence-electron chi connectivity index (χ2n) is 7.94. The van der Waals surface area contributed by atoms with Gasteiger partial charge in [-0.25, -0.2) is 9.59 Å². The van der Waals surface area contributed by atoms with Crippen molar-refractivity contribution in [1.29, 1.82) is 0 Å². The minimum Gasteiger partial charge on any atom is -0.464 e. The van der Waals surface area contributed by atoms with Crippen molar-refractivity contribution in [2.75, 3.05) is 31.1 Å². The minimum atomic E-state index is -0.569. The first-order valence-electron chi connectivity index (χ1n) is 9.52. The summed E-state index contributed by atoms with van der Waals surface area (Å²) < 4.78 is 10.8. The van der Waals surface area contributed by atoms with E-state index in [0.29, 0.717) is 19.7 Å². The number of fused-ring (bicyclic) bond motifs is 1. The normalized spacial score (nSPS) is 19.6. The van der Waals surface area contributed by atoms with Crippen LogP contribution in [0.1, 0.15) is 38.8 Å². The monoisotopic (exact) mass is 375 g/mol. The van der Waals surface area contributed by atoms with Crippen LogP contribution in [0.15, 0.2) is 18.2 Å². The first-order valence-corrected chi connectivity index (χ1v) is 9.52. The topological polar surface area (TPSA) is 71.1 Å². The van der Waals surface area contributed by atoms with Crippen molar-refractivity contribution in [3.05, 3.63) is 29.3 Å². The highest BCUT2D eigenvalue weighted by Crippen LogP contribution is 2.27. The van der Waals surface area contributed by atoms with Gasteiger partial charge in [-0.15, -0.1) is 0 Å². The summed E-state index contributed by atoms with van der Waals surface area (Å²) in [5.74, 6) is -0.315. The molecule has 1 unspecified atom stereocenters. The van der Waals surface area contributed by atoms with Gasteiger partial charge in [-0.1, -0.05) is 6.07 Å². The number of hydrogen-bond acceptors (Lipinski definition) is 6. The van der Waals surface area contributed by atoms with Crippen LogP contribution in [0.2, 0.25) is 0 Å². The molecule has 0 aromatic heterocycles. The third-order valence-electron chi connectivity index (χ3n) is 4.74. The molecule has 0 bridgehead atoms. The Hall–Kier alpha value is -2.28. The van der Waals surface area contributed by atoms with Crippen LogP contribution in [0.4, 0.5) is 10.5 Å². The van der Waals surface area contributed by atoms with Gasteiger partial charge in [-0.05, 0) is 51.0 Å². The molecule has 0 aliphatic carbocycles. The third-order valence-corrected chi connectivity index (χ3v) is 4.74. The maximum Gasteiger partial charge on any atom is 0.410 e. The first-order chi connectivity index (χ1) is 12.8. The second-order valence-corrected chi connectivity index (χ2v) is 7.94. The second kappa shape index (κ2) is 7.76. The van der Waals surface area contributed by atoms with Gasteiger partial charge in [-0.2, -0.15) is 0 Å². The van der Waals surface area contributed by atoms with E-state index >= 15 is 0 Å². The third kappa shape index (κ3) is 4.53. The van der Waals surface area contributed by atoms with E-state index in [0.717, 1.165) is 18.8 Å². The SMILES string of the molecule is CCOC(=O)C1CN(C(=O)OC(C)(C)C)CCN1c1ccc2c(c1)CNC2. The Balaban J connectivity index is 1.80. The van der Waals surface area contributed by atoms with Crippen molar-refractivity contribution in [1.82, 2.24) is 10.2 Å². The molecule has 0 radical (unpaired) electrons. The van der Waals surface area contributed by atoms with E-state index in [-0.39, 0.29) is 12.5 Å². The molecule has 1 aromatic rings. The fraction of sp³-hybridized carbons (Fsp3) is 0.600. The Labute approximate surface area is 160 Å². The van der Waals surface area contributed by atoms with Crippen LogP contribution in [0.25, 0.3) is 0 Å². The van der Waals surface area contributed by atoms with Crippen molar-refractivity contribution < 1.29 is 19.1 Å². The highest BCUT2D eigenvalue weighted by molar-refractivity contribution is 5.82. The summed E-state index contributed by atoms with van der Waals surface area (Å²) in [5, 5.41) is 3.34. The quantitative estimate of drug-likeness (QED) is 0.818. The van der Waals surface area contributed by atoms with Gasteiger partial charge in [0.25, 0.3) is 0 Å². The maximum atomic E-state index is 12.6. The van der Waals surface area contributed by atoms with Crippen LogP contribution in [-0.4, -0.2) is 54.8 Å². The van der Waals surface area contributed by atoms with E-state index in [2.05, 4.69) is 17.4 Å². The number of nitrogens with one attached hydrogen (secondary N) is 1. The summed E-state index contributed by atoms with van der Waals surface area (Å²) in [6.45, 7) is 10.6. The number of hydrogen-bond donors (Lipinski definition) is 1. The molecule has 2 heterocycles. The molecule has 7 heteroatoms. The molecule has 7 nitrogen and oxygen atoms in total. The molecular formula is C20H29N3O4. The van der Waals surface area contributed by atoms with Crippen molar-refractivity contribution in [2.24, 2.45) is 0 Å². The fourth-order valence-corrected chi connectivity index (χ4v) is 3.48. The number of carbonyl (C=O) groups excluding carboxylic acids is 2. The Kier molecular flexibility index (Phi) is 5.60. The van der Waals surface area contributed by atoms with Gasteiger partial charge in [0.15, 0.2) is 0 Å². The van der Waals surface area contributed by atoms with Gasteiger partial charge in [0.2, 0.25) is 0 Å². The van der Waals surface area contributed by atoms with Crippen LogP contribution in [0.3, 0.4) is 0 Å².